The van der Waals surface area contributed by atoms with E-state index in [1.807, 2.05) is 24.3 Å². The van der Waals surface area contributed by atoms with Crippen LogP contribution in [0.1, 0.15) is 25.8 Å². The molecular weight excluding hydrogens is 304 g/mol. The van der Waals surface area contributed by atoms with Gasteiger partial charge in [-0.2, -0.15) is 0 Å². The number of nitrogens with zero attached hydrogens (tertiary/aromatic N) is 1. The van der Waals surface area contributed by atoms with E-state index in [9.17, 15) is 4.79 Å². The molecule has 4 heteroatoms. The molecule has 0 saturated carbocycles. The molecule has 3 nitrogen and oxygen atoms in total. The second kappa shape index (κ2) is 9.10. The number of rotatable bonds is 8. The van der Waals surface area contributed by atoms with E-state index in [1.54, 1.807) is 0 Å². The minimum Gasteiger partial charge on any atom is -0.356 e. The molecular formula is C15H23BrN2O. The molecule has 1 rings (SSSR count). The van der Waals surface area contributed by atoms with Crippen LogP contribution in [0.15, 0.2) is 28.7 Å². The largest absolute Gasteiger partial charge is 0.356 e. The molecule has 0 bridgehead atoms. The van der Waals surface area contributed by atoms with Gasteiger partial charge >= 0.3 is 0 Å². The molecule has 0 radical (unpaired) electrons. The van der Waals surface area contributed by atoms with Crippen LogP contribution in [0.4, 0.5) is 0 Å². The van der Waals surface area contributed by atoms with Crippen molar-refractivity contribution in [3.63, 3.8) is 0 Å². The van der Waals surface area contributed by atoms with Crippen LogP contribution in [-0.4, -0.2) is 37.0 Å². The Labute approximate surface area is 124 Å². The first-order valence-corrected chi connectivity index (χ1v) is 7.68. The third kappa shape index (κ3) is 6.73. The van der Waals surface area contributed by atoms with E-state index in [0.717, 1.165) is 42.6 Å². The van der Waals surface area contributed by atoms with Gasteiger partial charge in [0.1, 0.15) is 0 Å². The molecule has 106 valence electrons. The maximum atomic E-state index is 11.7. The number of carbonyl (C=O) groups excluding carboxylic acids is 1. The van der Waals surface area contributed by atoms with Crippen molar-refractivity contribution >= 4 is 21.8 Å². The van der Waals surface area contributed by atoms with Crippen LogP contribution < -0.4 is 5.32 Å². The number of amides is 1. The highest BCUT2D eigenvalue weighted by atomic mass is 79.9. The average Bonchev–Trinajstić information content (AvgIpc) is 2.42. The highest BCUT2D eigenvalue weighted by molar-refractivity contribution is 9.10. The molecule has 0 saturated heterocycles. The van der Waals surface area contributed by atoms with Crippen molar-refractivity contribution in [3.8, 4) is 0 Å². The van der Waals surface area contributed by atoms with E-state index in [1.165, 1.54) is 0 Å². The van der Waals surface area contributed by atoms with Crippen LogP contribution in [0, 0.1) is 0 Å². The molecule has 1 amide bonds. The SMILES string of the molecule is CCN(CC)CCCNC(=O)Cc1ccc(Br)cc1. The Morgan fingerprint density at radius 1 is 1.21 bits per heavy atom. The summed E-state index contributed by atoms with van der Waals surface area (Å²) in [4.78, 5) is 14.1. The summed E-state index contributed by atoms with van der Waals surface area (Å²) in [6.45, 7) is 8.27. The van der Waals surface area contributed by atoms with Crippen molar-refractivity contribution in [2.75, 3.05) is 26.2 Å². The molecule has 0 unspecified atom stereocenters. The van der Waals surface area contributed by atoms with Gasteiger partial charge in [0.25, 0.3) is 0 Å². The number of carbonyl (C=O) groups is 1. The van der Waals surface area contributed by atoms with Crippen LogP contribution in [-0.2, 0) is 11.2 Å². The number of nitrogens with one attached hydrogen (secondary N) is 1. The number of hydrogen-bond donors (Lipinski definition) is 1. The first-order valence-electron chi connectivity index (χ1n) is 6.89. The molecule has 0 atom stereocenters. The summed E-state index contributed by atoms with van der Waals surface area (Å²) in [5.41, 5.74) is 1.05. The molecule has 0 aliphatic carbocycles. The van der Waals surface area contributed by atoms with Crippen molar-refractivity contribution in [1.29, 1.82) is 0 Å². The minimum absolute atomic E-state index is 0.0990. The van der Waals surface area contributed by atoms with E-state index in [4.69, 9.17) is 0 Å². The summed E-state index contributed by atoms with van der Waals surface area (Å²) < 4.78 is 1.04. The molecule has 19 heavy (non-hydrogen) atoms. The van der Waals surface area contributed by atoms with E-state index < -0.39 is 0 Å². The third-order valence-electron chi connectivity index (χ3n) is 3.15. The van der Waals surface area contributed by atoms with Crippen LogP contribution in [0.3, 0.4) is 0 Å². The van der Waals surface area contributed by atoms with E-state index in [-0.39, 0.29) is 5.91 Å². The summed E-state index contributed by atoms with van der Waals surface area (Å²) in [5.74, 6) is 0.0990. The highest BCUT2D eigenvalue weighted by Crippen LogP contribution is 2.10. The normalized spacial score (nSPS) is 10.7. The molecule has 1 aromatic rings. The van der Waals surface area contributed by atoms with Crippen molar-refractivity contribution in [2.24, 2.45) is 0 Å². The van der Waals surface area contributed by atoms with E-state index in [2.05, 4.69) is 40.0 Å². The van der Waals surface area contributed by atoms with E-state index >= 15 is 0 Å². The molecule has 0 heterocycles. The van der Waals surface area contributed by atoms with Crippen LogP contribution in [0.25, 0.3) is 0 Å². The zero-order chi connectivity index (χ0) is 14.1. The Hall–Kier alpha value is -0.870. The Morgan fingerprint density at radius 2 is 1.84 bits per heavy atom. The Kier molecular flexibility index (Phi) is 7.75. The molecule has 0 aliphatic heterocycles. The maximum Gasteiger partial charge on any atom is 0.224 e. The predicted molar refractivity (Wildman–Crippen MR) is 83.3 cm³/mol. The van der Waals surface area contributed by atoms with Gasteiger partial charge in [0.15, 0.2) is 0 Å². The van der Waals surface area contributed by atoms with Gasteiger partial charge < -0.3 is 10.2 Å². The van der Waals surface area contributed by atoms with Gasteiger partial charge in [0.05, 0.1) is 6.42 Å². The van der Waals surface area contributed by atoms with Gasteiger partial charge in [0, 0.05) is 11.0 Å². The van der Waals surface area contributed by atoms with Gasteiger partial charge in [0.2, 0.25) is 5.91 Å². The predicted octanol–water partition coefficient (Wildman–Crippen LogP) is 2.84. The second-order valence-corrected chi connectivity index (χ2v) is 5.45. The fourth-order valence-electron chi connectivity index (χ4n) is 1.92. The maximum absolute atomic E-state index is 11.7. The molecule has 1 aromatic carbocycles. The van der Waals surface area contributed by atoms with Gasteiger partial charge in [-0.25, -0.2) is 0 Å². The van der Waals surface area contributed by atoms with Crippen molar-refractivity contribution in [3.05, 3.63) is 34.3 Å². The van der Waals surface area contributed by atoms with Gasteiger partial charge in [-0.3, -0.25) is 4.79 Å². The van der Waals surface area contributed by atoms with Gasteiger partial charge in [-0.15, -0.1) is 0 Å². The smallest absolute Gasteiger partial charge is 0.224 e. The summed E-state index contributed by atoms with van der Waals surface area (Å²) in [7, 11) is 0. The lowest BCUT2D eigenvalue weighted by Crippen LogP contribution is -2.30. The summed E-state index contributed by atoms with van der Waals surface area (Å²) in [6, 6.07) is 7.87. The lowest BCUT2D eigenvalue weighted by Gasteiger charge is -2.17. The summed E-state index contributed by atoms with van der Waals surface area (Å²) in [5, 5.41) is 2.97. The topological polar surface area (TPSA) is 32.3 Å². The monoisotopic (exact) mass is 326 g/mol. The number of benzene rings is 1. The summed E-state index contributed by atoms with van der Waals surface area (Å²) >= 11 is 3.38. The molecule has 0 aliphatic rings. The van der Waals surface area contributed by atoms with E-state index in [0.29, 0.717) is 6.42 Å². The first-order chi connectivity index (χ1) is 9.15. The zero-order valence-electron chi connectivity index (χ0n) is 11.8. The standard InChI is InChI=1S/C15H23BrN2O/c1-3-18(4-2)11-5-10-17-15(19)12-13-6-8-14(16)9-7-13/h6-9H,3-5,10-12H2,1-2H3,(H,17,19). The lowest BCUT2D eigenvalue weighted by atomic mass is 10.1. The third-order valence-corrected chi connectivity index (χ3v) is 3.67. The molecule has 0 fully saturated rings. The van der Waals surface area contributed by atoms with Crippen molar-refractivity contribution in [2.45, 2.75) is 26.7 Å². The Balaban J connectivity index is 2.19. The highest BCUT2D eigenvalue weighted by Gasteiger charge is 2.03. The van der Waals surface area contributed by atoms with Gasteiger partial charge in [-0.05, 0) is 43.8 Å². The molecule has 0 aromatic heterocycles. The second-order valence-electron chi connectivity index (χ2n) is 4.53. The van der Waals surface area contributed by atoms with Crippen LogP contribution in [0.2, 0.25) is 0 Å². The minimum atomic E-state index is 0.0990. The molecule has 0 spiro atoms. The zero-order valence-corrected chi connectivity index (χ0v) is 13.4. The fraction of sp³-hybridized carbons (Fsp3) is 0.533. The average molecular weight is 327 g/mol. The number of hydrogen-bond acceptors (Lipinski definition) is 2. The van der Waals surface area contributed by atoms with Crippen LogP contribution in [0.5, 0.6) is 0 Å². The van der Waals surface area contributed by atoms with Crippen molar-refractivity contribution in [1.82, 2.24) is 10.2 Å². The van der Waals surface area contributed by atoms with Gasteiger partial charge in [-0.1, -0.05) is 41.9 Å². The first kappa shape index (κ1) is 16.2. The lowest BCUT2D eigenvalue weighted by molar-refractivity contribution is -0.120. The van der Waals surface area contributed by atoms with Crippen molar-refractivity contribution < 1.29 is 4.79 Å². The summed E-state index contributed by atoms with van der Waals surface area (Å²) in [6.07, 6.45) is 1.46. The van der Waals surface area contributed by atoms with Crippen LogP contribution >= 0.6 is 15.9 Å². The molecule has 1 N–H and O–H groups in total. The number of halogens is 1. The fourth-order valence-corrected chi connectivity index (χ4v) is 2.18. The quantitative estimate of drug-likeness (QED) is 0.745. The Morgan fingerprint density at radius 3 is 2.42 bits per heavy atom. The Bertz CT molecular complexity index is 374.